The predicted molar refractivity (Wildman–Crippen MR) is 97.0 cm³/mol. The average Bonchev–Trinajstić information content (AvgIpc) is 2.58. The number of rotatable bonds is 4. The third kappa shape index (κ3) is 3.98. The molecule has 0 unspecified atom stereocenters. The van der Waals surface area contributed by atoms with Gasteiger partial charge in [0.15, 0.2) is 0 Å². The van der Waals surface area contributed by atoms with Gasteiger partial charge in [-0.05, 0) is 29.8 Å². The number of piperazine rings is 1. The first kappa shape index (κ1) is 17.0. The van der Waals surface area contributed by atoms with Crippen LogP contribution in [0.15, 0.2) is 42.5 Å². The Labute approximate surface area is 150 Å². The molecule has 3 rings (SSSR count). The molecule has 0 amide bonds. The molecule has 0 bridgehead atoms. The summed E-state index contributed by atoms with van der Waals surface area (Å²) in [4.78, 5) is 14.9. The lowest BCUT2D eigenvalue weighted by molar-refractivity contribution is -0.384. The molecular weight excluding hydrogens is 349 g/mol. The molecule has 7 heteroatoms. The monoisotopic (exact) mass is 365 g/mol. The SMILES string of the molecule is O=[N+]([O-])c1ccc(N2CCN(Cc3ccc(Cl)cc3Cl)CC2)cc1. The summed E-state index contributed by atoms with van der Waals surface area (Å²) < 4.78 is 0. The Bertz CT molecular complexity index is 729. The Kier molecular flexibility index (Phi) is 5.23. The number of nitro groups is 1. The second-order valence-corrected chi connectivity index (χ2v) is 6.62. The van der Waals surface area contributed by atoms with Gasteiger partial charge in [-0.25, -0.2) is 0 Å². The van der Waals surface area contributed by atoms with E-state index in [9.17, 15) is 10.1 Å². The minimum atomic E-state index is -0.377. The number of hydrogen-bond acceptors (Lipinski definition) is 4. The standard InChI is InChI=1S/C17H17Cl2N3O2/c18-14-2-1-13(17(19)11-14)12-20-7-9-21(10-8-20)15-3-5-16(6-4-15)22(23)24/h1-6,11H,7-10,12H2. The Morgan fingerprint density at radius 2 is 1.67 bits per heavy atom. The maximum absolute atomic E-state index is 10.7. The Hall–Kier alpha value is -1.82. The van der Waals surface area contributed by atoms with Gasteiger partial charge < -0.3 is 4.90 Å². The molecule has 1 fully saturated rings. The fraction of sp³-hybridized carbons (Fsp3) is 0.294. The van der Waals surface area contributed by atoms with Crippen LogP contribution in [0.3, 0.4) is 0 Å². The zero-order valence-electron chi connectivity index (χ0n) is 13.0. The van der Waals surface area contributed by atoms with Crippen molar-refractivity contribution in [3.63, 3.8) is 0 Å². The second kappa shape index (κ2) is 7.38. The Morgan fingerprint density at radius 1 is 1.00 bits per heavy atom. The minimum Gasteiger partial charge on any atom is -0.369 e. The highest BCUT2D eigenvalue weighted by atomic mass is 35.5. The van der Waals surface area contributed by atoms with Crippen LogP contribution < -0.4 is 4.90 Å². The maximum Gasteiger partial charge on any atom is 0.269 e. The molecule has 0 atom stereocenters. The van der Waals surface area contributed by atoms with E-state index in [-0.39, 0.29) is 10.6 Å². The normalized spacial score (nSPS) is 15.5. The van der Waals surface area contributed by atoms with E-state index in [1.807, 2.05) is 24.3 Å². The van der Waals surface area contributed by atoms with Crippen molar-refractivity contribution in [2.45, 2.75) is 6.54 Å². The van der Waals surface area contributed by atoms with Gasteiger partial charge in [-0.2, -0.15) is 0 Å². The van der Waals surface area contributed by atoms with E-state index in [2.05, 4.69) is 9.80 Å². The van der Waals surface area contributed by atoms with E-state index in [0.717, 1.165) is 44.0 Å². The van der Waals surface area contributed by atoms with Crippen molar-refractivity contribution in [3.05, 3.63) is 68.2 Å². The van der Waals surface area contributed by atoms with Crippen molar-refractivity contribution in [3.8, 4) is 0 Å². The largest absolute Gasteiger partial charge is 0.369 e. The summed E-state index contributed by atoms with van der Waals surface area (Å²) in [5, 5.41) is 12.1. The average molecular weight is 366 g/mol. The lowest BCUT2D eigenvalue weighted by atomic mass is 10.2. The van der Waals surface area contributed by atoms with Gasteiger partial charge in [-0.3, -0.25) is 15.0 Å². The molecule has 126 valence electrons. The topological polar surface area (TPSA) is 49.6 Å². The Balaban J connectivity index is 1.58. The molecule has 0 saturated carbocycles. The smallest absolute Gasteiger partial charge is 0.269 e. The van der Waals surface area contributed by atoms with E-state index in [0.29, 0.717) is 10.0 Å². The van der Waals surface area contributed by atoms with E-state index >= 15 is 0 Å². The van der Waals surface area contributed by atoms with Crippen molar-refractivity contribution >= 4 is 34.6 Å². The number of anilines is 1. The molecule has 5 nitrogen and oxygen atoms in total. The molecule has 24 heavy (non-hydrogen) atoms. The van der Waals surface area contributed by atoms with Crippen molar-refractivity contribution in [1.82, 2.24) is 4.90 Å². The summed E-state index contributed by atoms with van der Waals surface area (Å²) in [5.74, 6) is 0. The molecule has 2 aromatic rings. The first-order chi connectivity index (χ1) is 11.5. The van der Waals surface area contributed by atoms with Crippen LogP contribution in [0.25, 0.3) is 0 Å². The van der Waals surface area contributed by atoms with Gasteiger partial charge in [0, 0.05) is 60.6 Å². The zero-order chi connectivity index (χ0) is 17.1. The minimum absolute atomic E-state index is 0.120. The summed E-state index contributed by atoms with van der Waals surface area (Å²) in [5.41, 5.74) is 2.21. The number of non-ortho nitro benzene ring substituents is 1. The van der Waals surface area contributed by atoms with Crippen molar-refractivity contribution in [1.29, 1.82) is 0 Å². The summed E-state index contributed by atoms with van der Waals surface area (Å²) in [7, 11) is 0. The van der Waals surface area contributed by atoms with Crippen molar-refractivity contribution < 1.29 is 4.92 Å². The van der Waals surface area contributed by atoms with Crippen molar-refractivity contribution in [2.75, 3.05) is 31.1 Å². The molecule has 0 aromatic heterocycles. The lowest BCUT2D eigenvalue weighted by Gasteiger charge is -2.36. The van der Waals surface area contributed by atoms with E-state index in [4.69, 9.17) is 23.2 Å². The van der Waals surface area contributed by atoms with Crippen LogP contribution in [-0.4, -0.2) is 36.0 Å². The summed E-state index contributed by atoms with van der Waals surface area (Å²) >= 11 is 12.2. The highest BCUT2D eigenvalue weighted by molar-refractivity contribution is 6.35. The number of benzene rings is 2. The fourth-order valence-electron chi connectivity index (χ4n) is 2.84. The fourth-order valence-corrected chi connectivity index (χ4v) is 3.31. The van der Waals surface area contributed by atoms with Gasteiger partial charge >= 0.3 is 0 Å². The van der Waals surface area contributed by atoms with Crippen LogP contribution in [0.4, 0.5) is 11.4 Å². The van der Waals surface area contributed by atoms with Crippen LogP contribution in [0.2, 0.25) is 10.0 Å². The highest BCUT2D eigenvalue weighted by Gasteiger charge is 2.18. The van der Waals surface area contributed by atoms with Crippen LogP contribution >= 0.6 is 23.2 Å². The molecule has 0 radical (unpaired) electrons. The quantitative estimate of drug-likeness (QED) is 0.600. The van der Waals surface area contributed by atoms with Gasteiger partial charge in [0.05, 0.1) is 4.92 Å². The lowest BCUT2D eigenvalue weighted by Crippen LogP contribution is -2.46. The molecule has 0 aliphatic carbocycles. The molecule has 1 saturated heterocycles. The van der Waals surface area contributed by atoms with Gasteiger partial charge in [0.1, 0.15) is 0 Å². The van der Waals surface area contributed by atoms with E-state index in [1.165, 1.54) is 0 Å². The molecule has 1 heterocycles. The maximum atomic E-state index is 10.7. The first-order valence-electron chi connectivity index (χ1n) is 7.68. The summed E-state index contributed by atoms with van der Waals surface area (Å²) in [6.07, 6.45) is 0. The van der Waals surface area contributed by atoms with E-state index in [1.54, 1.807) is 18.2 Å². The van der Waals surface area contributed by atoms with Crippen molar-refractivity contribution in [2.24, 2.45) is 0 Å². The number of halogens is 2. The first-order valence-corrected chi connectivity index (χ1v) is 8.44. The Morgan fingerprint density at radius 3 is 2.25 bits per heavy atom. The highest BCUT2D eigenvalue weighted by Crippen LogP contribution is 2.24. The van der Waals surface area contributed by atoms with E-state index < -0.39 is 0 Å². The van der Waals surface area contributed by atoms with Crippen LogP contribution in [0.5, 0.6) is 0 Å². The number of hydrogen-bond donors (Lipinski definition) is 0. The molecular formula is C17H17Cl2N3O2. The van der Waals surface area contributed by atoms with Crippen LogP contribution in [0, 0.1) is 10.1 Å². The van der Waals surface area contributed by atoms with Gasteiger partial charge in [-0.15, -0.1) is 0 Å². The van der Waals surface area contributed by atoms with Gasteiger partial charge in [0.25, 0.3) is 5.69 Å². The summed E-state index contributed by atoms with van der Waals surface area (Å²) in [6.45, 7) is 4.38. The predicted octanol–water partition coefficient (Wildman–Crippen LogP) is 4.22. The van der Waals surface area contributed by atoms with Gasteiger partial charge in [0.2, 0.25) is 0 Å². The number of nitrogens with zero attached hydrogens (tertiary/aromatic N) is 3. The number of nitro benzene ring substituents is 1. The third-order valence-electron chi connectivity index (χ3n) is 4.21. The molecule has 0 spiro atoms. The van der Waals surface area contributed by atoms with Crippen LogP contribution in [-0.2, 0) is 6.54 Å². The summed E-state index contributed by atoms with van der Waals surface area (Å²) in [6, 6.07) is 12.3. The molecule has 1 aliphatic rings. The van der Waals surface area contributed by atoms with Crippen LogP contribution in [0.1, 0.15) is 5.56 Å². The molecule has 0 N–H and O–H groups in total. The third-order valence-corrected chi connectivity index (χ3v) is 4.79. The van der Waals surface area contributed by atoms with Gasteiger partial charge in [-0.1, -0.05) is 29.3 Å². The molecule has 2 aromatic carbocycles. The molecule has 1 aliphatic heterocycles. The zero-order valence-corrected chi connectivity index (χ0v) is 14.5. The second-order valence-electron chi connectivity index (χ2n) is 5.77.